The number of urea groups is 1. The van der Waals surface area contributed by atoms with Gasteiger partial charge >= 0.3 is 12.0 Å². The number of nitrogens with one attached hydrogen (secondary N) is 2. The minimum absolute atomic E-state index is 0.0300. The van der Waals surface area contributed by atoms with Crippen LogP contribution in [0.1, 0.15) is 16.8 Å². The van der Waals surface area contributed by atoms with Crippen molar-refractivity contribution in [2.45, 2.75) is 6.42 Å². The van der Waals surface area contributed by atoms with Crippen LogP contribution in [-0.2, 0) is 4.79 Å². The highest BCUT2D eigenvalue weighted by Gasteiger charge is 2.19. The minimum Gasteiger partial charge on any atom is -0.478 e. The lowest BCUT2D eigenvalue weighted by Gasteiger charge is -2.20. The Balaban J connectivity index is 2.10. The first-order valence-corrected chi connectivity index (χ1v) is 6.70. The number of rotatable bonds is 2. The zero-order chi connectivity index (χ0) is 15.4. The van der Waals surface area contributed by atoms with Crippen LogP contribution >= 0.6 is 11.6 Å². The molecule has 0 aliphatic carbocycles. The molecule has 0 aromatic heterocycles. The number of carbonyl (C=O) groups excluding carboxylic acids is 2. The molecule has 1 fully saturated rings. The van der Waals surface area contributed by atoms with Gasteiger partial charge in [0.15, 0.2) is 0 Å². The summed E-state index contributed by atoms with van der Waals surface area (Å²) in [6.45, 7) is 1.07. The maximum atomic E-state index is 12.1. The average Bonchev–Trinajstić information content (AvgIpc) is 2.65. The van der Waals surface area contributed by atoms with Gasteiger partial charge in [-0.05, 0) is 18.2 Å². The molecule has 0 saturated carbocycles. The van der Waals surface area contributed by atoms with Crippen LogP contribution in [0.5, 0.6) is 0 Å². The van der Waals surface area contributed by atoms with Crippen LogP contribution in [-0.4, -0.2) is 47.5 Å². The molecule has 1 aliphatic heterocycles. The van der Waals surface area contributed by atoms with Crippen molar-refractivity contribution < 1.29 is 19.5 Å². The zero-order valence-electron chi connectivity index (χ0n) is 11.1. The van der Waals surface area contributed by atoms with E-state index in [0.29, 0.717) is 19.6 Å². The molecule has 2 rings (SSSR count). The quantitative estimate of drug-likeness (QED) is 0.768. The van der Waals surface area contributed by atoms with Gasteiger partial charge in [0.05, 0.1) is 16.3 Å². The van der Waals surface area contributed by atoms with Crippen molar-refractivity contribution in [3.05, 3.63) is 28.8 Å². The number of benzene rings is 1. The van der Waals surface area contributed by atoms with Crippen molar-refractivity contribution in [2.75, 3.05) is 25.0 Å². The SMILES string of the molecule is O=C1CCN(C(=O)Nc2cc(C(=O)O)ccc2Cl)CCN1. The third kappa shape index (κ3) is 3.85. The topological polar surface area (TPSA) is 98.7 Å². The largest absolute Gasteiger partial charge is 0.478 e. The van der Waals surface area contributed by atoms with Crippen LogP contribution in [0.25, 0.3) is 0 Å². The lowest BCUT2D eigenvalue weighted by molar-refractivity contribution is -0.120. The minimum atomic E-state index is -1.10. The Labute approximate surface area is 125 Å². The molecule has 0 radical (unpaired) electrons. The highest BCUT2D eigenvalue weighted by atomic mass is 35.5. The Morgan fingerprint density at radius 3 is 2.81 bits per heavy atom. The van der Waals surface area contributed by atoms with E-state index in [9.17, 15) is 14.4 Å². The van der Waals surface area contributed by atoms with Gasteiger partial charge in [0, 0.05) is 26.1 Å². The molecule has 1 aliphatic rings. The number of halogens is 1. The second kappa shape index (κ2) is 6.45. The van der Waals surface area contributed by atoms with Crippen molar-refractivity contribution >= 4 is 35.2 Å². The van der Waals surface area contributed by atoms with E-state index >= 15 is 0 Å². The van der Waals surface area contributed by atoms with Gasteiger partial charge in [0.25, 0.3) is 0 Å². The van der Waals surface area contributed by atoms with E-state index in [1.54, 1.807) is 0 Å². The molecule has 0 atom stereocenters. The van der Waals surface area contributed by atoms with Crippen LogP contribution in [0.3, 0.4) is 0 Å². The molecule has 7 nitrogen and oxygen atoms in total. The number of hydrogen-bond acceptors (Lipinski definition) is 3. The van der Waals surface area contributed by atoms with E-state index in [2.05, 4.69) is 10.6 Å². The maximum absolute atomic E-state index is 12.1. The van der Waals surface area contributed by atoms with Crippen molar-refractivity contribution in [1.82, 2.24) is 10.2 Å². The van der Waals surface area contributed by atoms with Crippen molar-refractivity contribution in [3.63, 3.8) is 0 Å². The number of anilines is 1. The smallest absolute Gasteiger partial charge is 0.335 e. The summed E-state index contributed by atoms with van der Waals surface area (Å²) in [6.07, 6.45) is 0.232. The van der Waals surface area contributed by atoms with E-state index in [0.717, 1.165) is 0 Å². The van der Waals surface area contributed by atoms with E-state index in [1.165, 1.54) is 23.1 Å². The Hall–Kier alpha value is -2.28. The van der Waals surface area contributed by atoms with Crippen molar-refractivity contribution in [2.24, 2.45) is 0 Å². The fourth-order valence-electron chi connectivity index (χ4n) is 1.92. The van der Waals surface area contributed by atoms with Crippen LogP contribution in [0, 0.1) is 0 Å². The number of carboxylic acids is 1. The van der Waals surface area contributed by atoms with Crippen LogP contribution < -0.4 is 10.6 Å². The molecule has 1 aromatic carbocycles. The summed E-state index contributed by atoms with van der Waals surface area (Å²) in [5.41, 5.74) is 0.257. The first-order chi connectivity index (χ1) is 9.97. The summed E-state index contributed by atoms with van der Waals surface area (Å²) in [7, 11) is 0. The monoisotopic (exact) mass is 311 g/mol. The fraction of sp³-hybridized carbons (Fsp3) is 0.308. The second-order valence-corrected chi connectivity index (χ2v) is 4.92. The molecule has 1 aromatic rings. The van der Waals surface area contributed by atoms with Crippen molar-refractivity contribution in [1.29, 1.82) is 0 Å². The summed E-state index contributed by atoms with van der Waals surface area (Å²) in [4.78, 5) is 35.8. The third-order valence-electron chi connectivity index (χ3n) is 3.05. The van der Waals surface area contributed by atoms with E-state index in [4.69, 9.17) is 16.7 Å². The van der Waals surface area contributed by atoms with Gasteiger partial charge in [-0.3, -0.25) is 4.79 Å². The molecule has 3 amide bonds. The molecule has 0 spiro atoms. The Morgan fingerprint density at radius 2 is 2.10 bits per heavy atom. The number of nitrogens with zero attached hydrogens (tertiary/aromatic N) is 1. The number of carboxylic acid groups (broad SMARTS) is 1. The lowest BCUT2D eigenvalue weighted by Crippen LogP contribution is -2.37. The van der Waals surface area contributed by atoms with Gasteiger partial charge in [-0.25, -0.2) is 9.59 Å². The summed E-state index contributed by atoms with van der Waals surface area (Å²) in [6, 6.07) is 3.64. The first kappa shape index (κ1) is 15.1. The summed E-state index contributed by atoms with van der Waals surface area (Å²) in [5.74, 6) is -1.21. The molecule has 0 unspecified atom stereocenters. The molecule has 1 saturated heterocycles. The lowest BCUT2D eigenvalue weighted by atomic mass is 10.2. The molecule has 0 bridgehead atoms. The van der Waals surface area contributed by atoms with Crippen LogP contribution in [0.2, 0.25) is 5.02 Å². The van der Waals surface area contributed by atoms with Crippen molar-refractivity contribution in [3.8, 4) is 0 Å². The predicted octanol–water partition coefficient (Wildman–Crippen LogP) is 1.39. The van der Waals surface area contributed by atoms with Crippen LogP contribution in [0.4, 0.5) is 10.5 Å². The molecule has 112 valence electrons. The number of carbonyl (C=O) groups is 3. The second-order valence-electron chi connectivity index (χ2n) is 4.52. The van der Waals surface area contributed by atoms with Gasteiger partial charge in [-0.2, -0.15) is 0 Å². The van der Waals surface area contributed by atoms with Crippen LogP contribution in [0.15, 0.2) is 18.2 Å². The molecule has 1 heterocycles. The standard InChI is InChI=1S/C13H14ClN3O4/c14-9-2-1-8(12(19)20)7-10(9)16-13(21)17-5-3-11(18)15-4-6-17/h1-2,7H,3-6H2,(H,15,18)(H,16,21)(H,19,20). The molecule has 8 heteroatoms. The summed E-state index contributed by atoms with van der Waals surface area (Å²) >= 11 is 5.95. The Kier molecular flexibility index (Phi) is 4.64. The van der Waals surface area contributed by atoms with Gasteiger partial charge in [-0.15, -0.1) is 0 Å². The van der Waals surface area contributed by atoms with E-state index in [1.807, 2.05) is 0 Å². The molecular weight excluding hydrogens is 298 g/mol. The van der Waals surface area contributed by atoms with Gasteiger partial charge in [0.2, 0.25) is 5.91 Å². The summed E-state index contributed by atoms with van der Waals surface area (Å²) in [5, 5.41) is 14.4. The zero-order valence-corrected chi connectivity index (χ0v) is 11.8. The predicted molar refractivity (Wildman–Crippen MR) is 76.6 cm³/mol. The average molecular weight is 312 g/mol. The van der Waals surface area contributed by atoms with Gasteiger partial charge in [0.1, 0.15) is 0 Å². The Morgan fingerprint density at radius 1 is 1.33 bits per heavy atom. The fourth-order valence-corrected chi connectivity index (χ4v) is 2.08. The van der Waals surface area contributed by atoms with Gasteiger partial charge < -0.3 is 20.6 Å². The molecule has 3 N–H and O–H groups in total. The van der Waals surface area contributed by atoms with E-state index in [-0.39, 0.29) is 28.6 Å². The molecular formula is C13H14ClN3O4. The normalized spacial score (nSPS) is 15.1. The highest BCUT2D eigenvalue weighted by molar-refractivity contribution is 6.33. The van der Waals surface area contributed by atoms with E-state index < -0.39 is 12.0 Å². The van der Waals surface area contributed by atoms with Gasteiger partial charge in [-0.1, -0.05) is 11.6 Å². The maximum Gasteiger partial charge on any atom is 0.335 e. The number of aromatic carboxylic acids is 1. The number of amides is 3. The first-order valence-electron chi connectivity index (χ1n) is 6.33. The Bertz CT molecular complexity index is 591. The number of hydrogen-bond donors (Lipinski definition) is 3. The third-order valence-corrected chi connectivity index (χ3v) is 3.38. The highest BCUT2D eigenvalue weighted by Crippen LogP contribution is 2.23. The summed E-state index contributed by atoms with van der Waals surface area (Å²) < 4.78 is 0. The molecule has 21 heavy (non-hydrogen) atoms.